The van der Waals surface area contributed by atoms with Crippen molar-refractivity contribution in [2.45, 2.75) is 31.3 Å². The molecule has 2 amide bonds. The summed E-state index contributed by atoms with van der Waals surface area (Å²) < 4.78 is 6.36. The molecule has 0 heterocycles. The standard InChI is InChI=1S/C19H21BrN2O2/c1-24-17-6-3-2-5-14(17)13-21-18(23)22-19(11-4-12-19)15-7-9-16(20)10-8-15/h2-3,5-10H,4,11-13H2,1H3,(H2,21,22,23). The predicted molar refractivity (Wildman–Crippen MR) is 98.0 cm³/mol. The van der Waals surface area contributed by atoms with E-state index >= 15 is 0 Å². The van der Waals surface area contributed by atoms with Crippen LogP contribution in [-0.4, -0.2) is 13.1 Å². The third-order valence-corrected chi connectivity index (χ3v) is 5.12. The molecule has 2 N–H and O–H groups in total. The second-order valence-electron chi connectivity index (χ2n) is 6.06. The second-order valence-corrected chi connectivity index (χ2v) is 6.98. The van der Waals surface area contributed by atoms with Crippen molar-refractivity contribution in [1.29, 1.82) is 0 Å². The van der Waals surface area contributed by atoms with Gasteiger partial charge in [0.2, 0.25) is 0 Å². The van der Waals surface area contributed by atoms with Crippen LogP contribution in [0.1, 0.15) is 30.4 Å². The number of methoxy groups -OCH3 is 1. The molecule has 0 spiro atoms. The molecule has 24 heavy (non-hydrogen) atoms. The Labute approximate surface area is 150 Å². The van der Waals surface area contributed by atoms with Gasteiger partial charge in [0.1, 0.15) is 5.75 Å². The van der Waals surface area contributed by atoms with Crippen LogP contribution in [-0.2, 0) is 12.1 Å². The smallest absolute Gasteiger partial charge is 0.315 e. The van der Waals surface area contributed by atoms with Gasteiger partial charge in [-0.2, -0.15) is 0 Å². The average Bonchev–Trinajstić information content (AvgIpc) is 2.57. The summed E-state index contributed by atoms with van der Waals surface area (Å²) in [6.07, 6.45) is 3.07. The van der Waals surface area contributed by atoms with Crippen molar-refractivity contribution in [1.82, 2.24) is 10.6 Å². The van der Waals surface area contributed by atoms with E-state index in [0.717, 1.165) is 40.6 Å². The number of carbonyl (C=O) groups excluding carboxylic acids is 1. The maximum absolute atomic E-state index is 12.4. The average molecular weight is 389 g/mol. The number of ether oxygens (including phenoxy) is 1. The summed E-state index contributed by atoms with van der Waals surface area (Å²) in [6.45, 7) is 0.437. The number of benzene rings is 2. The molecular weight excluding hydrogens is 368 g/mol. The lowest BCUT2D eigenvalue weighted by atomic mass is 9.72. The SMILES string of the molecule is COc1ccccc1CNC(=O)NC1(c2ccc(Br)cc2)CCC1. The van der Waals surface area contributed by atoms with Crippen LogP contribution in [0.3, 0.4) is 0 Å². The van der Waals surface area contributed by atoms with Crippen molar-refractivity contribution < 1.29 is 9.53 Å². The monoisotopic (exact) mass is 388 g/mol. The Bertz CT molecular complexity index is 712. The maximum atomic E-state index is 12.4. The predicted octanol–water partition coefficient (Wildman–Crippen LogP) is 4.34. The first-order valence-electron chi connectivity index (χ1n) is 8.07. The summed E-state index contributed by atoms with van der Waals surface area (Å²) >= 11 is 3.46. The van der Waals surface area contributed by atoms with Crippen LogP contribution in [0.2, 0.25) is 0 Å². The van der Waals surface area contributed by atoms with Gasteiger partial charge in [0.05, 0.1) is 12.6 Å². The summed E-state index contributed by atoms with van der Waals surface area (Å²) in [5.74, 6) is 0.782. The van der Waals surface area contributed by atoms with Gasteiger partial charge < -0.3 is 15.4 Å². The molecule has 4 nitrogen and oxygen atoms in total. The van der Waals surface area contributed by atoms with Crippen LogP contribution in [0.5, 0.6) is 5.75 Å². The molecule has 1 aliphatic carbocycles. The van der Waals surface area contributed by atoms with Crippen molar-refractivity contribution in [3.63, 3.8) is 0 Å². The zero-order valence-corrected chi connectivity index (χ0v) is 15.2. The lowest BCUT2D eigenvalue weighted by Crippen LogP contribution is -2.53. The normalized spacial score (nSPS) is 15.2. The van der Waals surface area contributed by atoms with E-state index in [-0.39, 0.29) is 11.6 Å². The number of hydrogen-bond donors (Lipinski definition) is 2. The minimum absolute atomic E-state index is 0.150. The molecule has 0 atom stereocenters. The molecule has 0 radical (unpaired) electrons. The van der Waals surface area contributed by atoms with E-state index < -0.39 is 0 Å². The van der Waals surface area contributed by atoms with Gasteiger partial charge in [-0.3, -0.25) is 0 Å². The third-order valence-electron chi connectivity index (χ3n) is 4.59. The molecule has 1 saturated carbocycles. The first-order valence-corrected chi connectivity index (χ1v) is 8.86. The summed E-state index contributed by atoms with van der Waals surface area (Å²) in [7, 11) is 1.63. The Morgan fingerprint density at radius 1 is 1.17 bits per heavy atom. The van der Waals surface area contributed by atoms with E-state index in [1.54, 1.807) is 7.11 Å². The number of hydrogen-bond acceptors (Lipinski definition) is 2. The van der Waals surface area contributed by atoms with Gasteiger partial charge in [-0.1, -0.05) is 46.3 Å². The van der Waals surface area contributed by atoms with E-state index in [0.29, 0.717) is 6.54 Å². The zero-order valence-electron chi connectivity index (χ0n) is 13.6. The van der Waals surface area contributed by atoms with E-state index in [9.17, 15) is 4.79 Å². The lowest BCUT2D eigenvalue weighted by Gasteiger charge is -2.43. The minimum Gasteiger partial charge on any atom is -0.496 e. The van der Waals surface area contributed by atoms with Crippen LogP contribution < -0.4 is 15.4 Å². The van der Waals surface area contributed by atoms with E-state index in [4.69, 9.17) is 4.74 Å². The van der Waals surface area contributed by atoms with Crippen LogP contribution in [0.4, 0.5) is 4.79 Å². The van der Waals surface area contributed by atoms with E-state index in [1.807, 2.05) is 36.4 Å². The molecule has 3 rings (SSSR count). The first kappa shape index (κ1) is 16.8. The molecule has 5 heteroatoms. The molecule has 0 saturated heterocycles. The number of carbonyl (C=O) groups is 1. The summed E-state index contributed by atoms with van der Waals surface area (Å²) in [6, 6.07) is 15.7. The van der Waals surface area contributed by atoms with Crippen molar-refractivity contribution in [3.8, 4) is 5.75 Å². The number of para-hydroxylation sites is 1. The minimum atomic E-state index is -0.244. The Morgan fingerprint density at radius 2 is 1.88 bits per heavy atom. The molecular formula is C19H21BrN2O2. The maximum Gasteiger partial charge on any atom is 0.315 e. The van der Waals surface area contributed by atoms with Gasteiger partial charge in [-0.05, 0) is 43.0 Å². The fourth-order valence-electron chi connectivity index (χ4n) is 3.07. The lowest BCUT2D eigenvalue weighted by molar-refractivity contribution is 0.177. The highest BCUT2D eigenvalue weighted by Crippen LogP contribution is 2.41. The zero-order chi connectivity index (χ0) is 17.0. The summed E-state index contributed by atoms with van der Waals surface area (Å²) in [5.41, 5.74) is 1.87. The summed E-state index contributed by atoms with van der Waals surface area (Å²) in [5, 5.41) is 6.11. The molecule has 0 bridgehead atoms. The van der Waals surface area contributed by atoms with Gasteiger partial charge in [0.25, 0.3) is 0 Å². The number of halogens is 1. The fourth-order valence-corrected chi connectivity index (χ4v) is 3.34. The van der Waals surface area contributed by atoms with Crippen molar-refractivity contribution in [2.24, 2.45) is 0 Å². The molecule has 0 aliphatic heterocycles. The van der Waals surface area contributed by atoms with Crippen LogP contribution >= 0.6 is 15.9 Å². The molecule has 1 aliphatic rings. The Balaban J connectivity index is 1.64. The number of amides is 2. The quantitative estimate of drug-likeness (QED) is 0.800. The van der Waals surface area contributed by atoms with Gasteiger partial charge in [0.15, 0.2) is 0 Å². The number of rotatable bonds is 5. The van der Waals surface area contributed by atoms with E-state index in [2.05, 4.69) is 38.7 Å². The molecule has 1 fully saturated rings. The molecule has 0 aromatic heterocycles. The Hall–Kier alpha value is -2.01. The Kier molecular flexibility index (Phi) is 5.09. The van der Waals surface area contributed by atoms with Crippen molar-refractivity contribution in [2.75, 3.05) is 7.11 Å². The topological polar surface area (TPSA) is 50.4 Å². The highest BCUT2D eigenvalue weighted by atomic mass is 79.9. The fraction of sp³-hybridized carbons (Fsp3) is 0.316. The summed E-state index contributed by atoms with van der Waals surface area (Å²) in [4.78, 5) is 12.4. The molecule has 0 unspecified atom stereocenters. The highest BCUT2D eigenvalue weighted by molar-refractivity contribution is 9.10. The van der Waals surface area contributed by atoms with Crippen molar-refractivity contribution >= 4 is 22.0 Å². The molecule has 2 aromatic carbocycles. The first-order chi connectivity index (χ1) is 11.6. The van der Waals surface area contributed by atoms with Gasteiger partial charge in [0, 0.05) is 16.6 Å². The van der Waals surface area contributed by atoms with E-state index in [1.165, 1.54) is 0 Å². The van der Waals surface area contributed by atoms with Crippen LogP contribution in [0, 0.1) is 0 Å². The van der Waals surface area contributed by atoms with Crippen LogP contribution in [0.15, 0.2) is 53.0 Å². The van der Waals surface area contributed by atoms with Gasteiger partial charge in [-0.25, -0.2) is 4.79 Å². The number of urea groups is 1. The third kappa shape index (κ3) is 3.56. The van der Waals surface area contributed by atoms with Crippen LogP contribution in [0.25, 0.3) is 0 Å². The number of nitrogens with one attached hydrogen (secondary N) is 2. The second kappa shape index (κ2) is 7.26. The molecule has 2 aromatic rings. The van der Waals surface area contributed by atoms with Gasteiger partial charge in [-0.15, -0.1) is 0 Å². The molecule has 126 valence electrons. The highest BCUT2D eigenvalue weighted by Gasteiger charge is 2.39. The van der Waals surface area contributed by atoms with Crippen molar-refractivity contribution in [3.05, 3.63) is 64.1 Å². The Morgan fingerprint density at radius 3 is 2.50 bits per heavy atom. The van der Waals surface area contributed by atoms with Gasteiger partial charge >= 0.3 is 6.03 Å². The largest absolute Gasteiger partial charge is 0.496 e.